The zero-order valence-corrected chi connectivity index (χ0v) is 16.6. The monoisotopic (exact) mass is 385 g/mol. The first-order chi connectivity index (χ1) is 13.3. The van der Waals surface area contributed by atoms with Crippen LogP contribution in [-0.4, -0.2) is 68.2 Å². The minimum absolute atomic E-state index is 0.285. The lowest BCUT2D eigenvalue weighted by atomic mass is 10.2. The number of ether oxygens (including phenoxy) is 1. The standard InChI is InChI=1S/C19H27N7O2/c1-19(2,3)28-18(27)25-10-8-24(9-11-25)17(20)23-13-15-4-5-16(22-12-15)26-7-6-21-14-26/h4-7,12,14H,8-11,13H2,1-3H3,(H2,20,23). The van der Waals surface area contributed by atoms with Crippen molar-refractivity contribution in [3.63, 3.8) is 0 Å². The van der Waals surface area contributed by atoms with Crippen LogP contribution in [0.25, 0.3) is 5.82 Å². The number of piperazine rings is 1. The Bertz CT molecular complexity index is 802. The van der Waals surface area contributed by atoms with E-state index in [1.54, 1.807) is 23.6 Å². The van der Waals surface area contributed by atoms with E-state index in [4.69, 9.17) is 10.5 Å². The van der Waals surface area contributed by atoms with Crippen LogP contribution in [0, 0.1) is 0 Å². The molecule has 0 saturated carbocycles. The molecule has 0 bridgehead atoms. The lowest BCUT2D eigenvalue weighted by molar-refractivity contribution is 0.0186. The molecule has 0 radical (unpaired) electrons. The number of rotatable bonds is 3. The second kappa shape index (κ2) is 8.28. The van der Waals surface area contributed by atoms with E-state index in [1.165, 1.54) is 0 Å². The molecule has 0 atom stereocenters. The van der Waals surface area contributed by atoms with Gasteiger partial charge in [0.25, 0.3) is 0 Å². The van der Waals surface area contributed by atoms with Crippen LogP contribution in [-0.2, 0) is 11.3 Å². The number of nitrogens with zero attached hydrogens (tertiary/aromatic N) is 6. The Balaban J connectivity index is 1.50. The lowest BCUT2D eigenvalue weighted by Crippen LogP contribution is -2.53. The van der Waals surface area contributed by atoms with E-state index in [0.29, 0.717) is 38.7 Å². The highest BCUT2D eigenvalue weighted by molar-refractivity contribution is 5.78. The molecule has 0 aliphatic carbocycles. The number of amides is 1. The fourth-order valence-electron chi connectivity index (χ4n) is 2.77. The van der Waals surface area contributed by atoms with Gasteiger partial charge in [0.15, 0.2) is 5.96 Å². The number of aromatic nitrogens is 3. The summed E-state index contributed by atoms with van der Waals surface area (Å²) < 4.78 is 7.25. The first-order valence-corrected chi connectivity index (χ1v) is 9.28. The van der Waals surface area contributed by atoms with Crippen LogP contribution < -0.4 is 5.73 Å². The van der Waals surface area contributed by atoms with Crippen molar-refractivity contribution < 1.29 is 9.53 Å². The number of hydrogen-bond acceptors (Lipinski definition) is 5. The zero-order valence-electron chi connectivity index (χ0n) is 16.6. The molecule has 150 valence electrons. The predicted molar refractivity (Wildman–Crippen MR) is 106 cm³/mol. The van der Waals surface area contributed by atoms with Gasteiger partial charge in [-0.25, -0.2) is 19.8 Å². The van der Waals surface area contributed by atoms with E-state index >= 15 is 0 Å². The second-order valence-corrected chi connectivity index (χ2v) is 7.62. The van der Waals surface area contributed by atoms with Crippen LogP contribution in [0.15, 0.2) is 42.0 Å². The van der Waals surface area contributed by atoms with Crippen molar-refractivity contribution in [2.75, 3.05) is 26.2 Å². The van der Waals surface area contributed by atoms with Crippen molar-refractivity contribution >= 4 is 12.1 Å². The number of nitrogens with two attached hydrogens (primary N) is 1. The molecule has 0 unspecified atom stereocenters. The molecule has 1 saturated heterocycles. The van der Waals surface area contributed by atoms with Gasteiger partial charge in [-0.2, -0.15) is 0 Å². The van der Waals surface area contributed by atoms with Crippen LogP contribution in [0.3, 0.4) is 0 Å². The van der Waals surface area contributed by atoms with E-state index in [-0.39, 0.29) is 6.09 Å². The van der Waals surface area contributed by atoms with E-state index in [0.717, 1.165) is 11.4 Å². The third-order valence-corrected chi connectivity index (χ3v) is 4.26. The molecule has 2 N–H and O–H groups in total. The highest BCUT2D eigenvalue weighted by atomic mass is 16.6. The number of imidazole rings is 1. The molecule has 3 rings (SSSR count). The predicted octanol–water partition coefficient (Wildman–Crippen LogP) is 1.63. The average molecular weight is 385 g/mol. The summed E-state index contributed by atoms with van der Waals surface area (Å²) in [5, 5.41) is 0. The van der Waals surface area contributed by atoms with Gasteiger partial charge in [-0.3, -0.25) is 4.57 Å². The summed E-state index contributed by atoms with van der Waals surface area (Å²) in [7, 11) is 0. The molecule has 1 aliphatic heterocycles. The number of aliphatic imine (C=N–C) groups is 1. The van der Waals surface area contributed by atoms with E-state index in [2.05, 4.69) is 15.0 Å². The van der Waals surface area contributed by atoms with E-state index in [9.17, 15) is 4.79 Å². The molecule has 0 spiro atoms. The van der Waals surface area contributed by atoms with Crippen molar-refractivity contribution in [2.24, 2.45) is 10.7 Å². The van der Waals surface area contributed by atoms with Gasteiger partial charge in [0.1, 0.15) is 17.7 Å². The number of guanidine groups is 1. The molecule has 9 heteroatoms. The topological polar surface area (TPSA) is 102 Å². The summed E-state index contributed by atoms with van der Waals surface area (Å²) in [6.07, 6.45) is 6.76. The Hall–Kier alpha value is -3.10. The Kier molecular flexibility index (Phi) is 5.81. The normalized spacial score (nSPS) is 15.6. The van der Waals surface area contributed by atoms with Crippen LogP contribution in [0.5, 0.6) is 0 Å². The van der Waals surface area contributed by atoms with Crippen molar-refractivity contribution in [1.82, 2.24) is 24.3 Å². The maximum Gasteiger partial charge on any atom is 0.410 e. The van der Waals surface area contributed by atoms with Crippen molar-refractivity contribution in [2.45, 2.75) is 32.9 Å². The first kappa shape index (κ1) is 19.7. The summed E-state index contributed by atoms with van der Waals surface area (Å²) in [6, 6.07) is 3.89. The minimum atomic E-state index is -0.490. The van der Waals surface area contributed by atoms with Gasteiger partial charge in [-0.15, -0.1) is 0 Å². The quantitative estimate of drug-likeness (QED) is 0.636. The summed E-state index contributed by atoms with van der Waals surface area (Å²) >= 11 is 0. The van der Waals surface area contributed by atoms with Crippen LogP contribution in [0.2, 0.25) is 0 Å². The SMILES string of the molecule is CC(C)(C)OC(=O)N1CCN(C(N)=NCc2ccc(-n3ccnc3)nc2)CC1. The van der Waals surface area contributed by atoms with Crippen LogP contribution >= 0.6 is 0 Å². The Morgan fingerprint density at radius 3 is 2.50 bits per heavy atom. The molecular formula is C19H27N7O2. The summed E-state index contributed by atoms with van der Waals surface area (Å²) in [4.78, 5) is 28.7. The molecule has 2 aromatic rings. The summed E-state index contributed by atoms with van der Waals surface area (Å²) in [5.74, 6) is 1.28. The van der Waals surface area contributed by atoms with Crippen molar-refractivity contribution in [1.29, 1.82) is 0 Å². The van der Waals surface area contributed by atoms with Crippen molar-refractivity contribution in [3.05, 3.63) is 42.6 Å². The molecule has 9 nitrogen and oxygen atoms in total. The van der Waals surface area contributed by atoms with Crippen LogP contribution in [0.1, 0.15) is 26.3 Å². The number of carbonyl (C=O) groups is 1. The second-order valence-electron chi connectivity index (χ2n) is 7.62. The fourth-order valence-corrected chi connectivity index (χ4v) is 2.77. The lowest BCUT2D eigenvalue weighted by Gasteiger charge is -2.36. The molecule has 1 amide bonds. The number of carbonyl (C=O) groups excluding carboxylic acids is 1. The fraction of sp³-hybridized carbons (Fsp3) is 0.474. The highest BCUT2D eigenvalue weighted by Crippen LogP contribution is 2.12. The molecular weight excluding hydrogens is 358 g/mol. The molecule has 2 aromatic heterocycles. The minimum Gasteiger partial charge on any atom is -0.444 e. The average Bonchev–Trinajstić information content (AvgIpc) is 3.20. The largest absolute Gasteiger partial charge is 0.444 e. The highest BCUT2D eigenvalue weighted by Gasteiger charge is 2.26. The van der Waals surface area contributed by atoms with Gasteiger partial charge in [-0.1, -0.05) is 6.07 Å². The Morgan fingerprint density at radius 1 is 1.21 bits per heavy atom. The maximum atomic E-state index is 12.1. The molecule has 28 heavy (non-hydrogen) atoms. The Morgan fingerprint density at radius 2 is 1.93 bits per heavy atom. The van der Waals surface area contributed by atoms with Gasteiger partial charge in [0.2, 0.25) is 0 Å². The van der Waals surface area contributed by atoms with Gasteiger partial charge in [0.05, 0.1) is 6.54 Å². The summed E-state index contributed by atoms with van der Waals surface area (Å²) in [6.45, 7) is 8.43. The third kappa shape index (κ3) is 5.21. The maximum absolute atomic E-state index is 12.1. The van der Waals surface area contributed by atoms with Gasteiger partial charge < -0.3 is 20.3 Å². The Labute approximate surface area is 164 Å². The number of pyridine rings is 1. The first-order valence-electron chi connectivity index (χ1n) is 9.28. The van der Waals surface area contributed by atoms with Crippen molar-refractivity contribution in [3.8, 4) is 5.82 Å². The molecule has 1 fully saturated rings. The summed E-state index contributed by atoms with van der Waals surface area (Å²) in [5.41, 5.74) is 6.62. The zero-order chi connectivity index (χ0) is 20.1. The van der Waals surface area contributed by atoms with Gasteiger partial charge >= 0.3 is 6.09 Å². The van der Waals surface area contributed by atoms with Gasteiger partial charge in [0, 0.05) is 44.8 Å². The van der Waals surface area contributed by atoms with E-state index in [1.807, 2.05) is 48.6 Å². The van der Waals surface area contributed by atoms with Gasteiger partial charge in [-0.05, 0) is 32.4 Å². The van der Waals surface area contributed by atoms with Crippen LogP contribution in [0.4, 0.5) is 4.79 Å². The smallest absolute Gasteiger partial charge is 0.410 e. The van der Waals surface area contributed by atoms with E-state index < -0.39 is 5.60 Å². The molecule has 3 heterocycles. The third-order valence-electron chi connectivity index (χ3n) is 4.26. The molecule has 1 aliphatic rings. The molecule has 0 aromatic carbocycles. The number of hydrogen-bond donors (Lipinski definition) is 1.